The van der Waals surface area contributed by atoms with Crippen LogP contribution in [0.15, 0.2) is 71.6 Å². The molecular weight excluding hydrogens is 464 g/mol. The summed E-state index contributed by atoms with van der Waals surface area (Å²) in [5.74, 6) is 0.642. The molecule has 1 aliphatic rings. The van der Waals surface area contributed by atoms with Crippen LogP contribution in [0.25, 0.3) is 21.7 Å². The number of nitrogen functional groups attached to an aromatic ring is 1. The van der Waals surface area contributed by atoms with Gasteiger partial charge in [-0.25, -0.2) is 18.1 Å². The van der Waals surface area contributed by atoms with Gasteiger partial charge in [0, 0.05) is 25.0 Å². The maximum atomic E-state index is 13.0. The molecule has 1 saturated heterocycles. The molecule has 3 aromatic carbocycles. The van der Waals surface area contributed by atoms with Crippen LogP contribution in [0.1, 0.15) is 12.0 Å². The first kappa shape index (κ1) is 23.1. The van der Waals surface area contributed by atoms with E-state index in [2.05, 4.69) is 9.71 Å². The van der Waals surface area contributed by atoms with Crippen LogP contribution in [0.2, 0.25) is 0 Å². The Kier molecular flexibility index (Phi) is 6.04. The first-order valence-corrected chi connectivity index (χ1v) is 12.8. The molecule has 1 aliphatic heterocycles. The van der Waals surface area contributed by atoms with E-state index in [1.165, 1.54) is 0 Å². The van der Waals surface area contributed by atoms with Crippen molar-refractivity contribution in [1.29, 1.82) is 0 Å². The number of carbonyl (C=O) groups is 1. The molecule has 0 aliphatic carbocycles. The fourth-order valence-corrected chi connectivity index (χ4v) is 5.55. The number of rotatable bonds is 7. The van der Waals surface area contributed by atoms with Crippen LogP contribution in [0.3, 0.4) is 0 Å². The third-order valence-corrected chi connectivity index (χ3v) is 7.83. The van der Waals surface area contributed by atoms with Gasteiger partial charge in [0.2, 0.25) is 15.9 Å². The van der Waals surface area contributed by atoms with Crippen molar-refractivity contribution in [3.63, 3.8) is 0 Å². The molecule has 0 bridgehead atoms. The molecule has 35 heavy (non-hydrogen) atoms. The van der Waals surface area contributed by atoms with Crippen molar-refractivity contribution in [2.24, 2.45) is 5.92 Å². The summed E-state index contributed by atoms with van der Waals surface area (Å²) < 4.78 is 33.7. The number of amides is 1. The van der Waals surface area contributed by atoms with E-state index < -0.39 is 15.9 Å². The van der Waals surface area contributed by atoms with E-state index in [1.54, 1.807) is 42.3 Å². The molecule has 4 aromatic rings. The van der Waals surface area contributed by atoms with E-state index in [1.807, 2.05) is 36.4 Å². The van der Waals surface area contributed by atoms with Crippen molar-refractivity contribution in [2.45, 2.75) is 17.9 Å². The van der Waals surface area contributed by atoms with Gasteiger partial charge in [0.1, 0.15) is 11.6 Å². The van der Waals surface area contributed by atoms with Crippen LogP contribution in [-0.4, -0.2) is 44.4 Å². The minimum Gasteiger partial charge on any atom is -0.497 e. The Hall–Kier alpha value is -3.69. The summed E-state index contributed by atoms with van der Waals surface area (Å²) in [6.45, 7) is 1.08. The second-order valence-corrected chi connectivity index (χ2v) is 10.5. The number of benzene rings is 3. The summed E-state index contributed by atoms with van der Waals surface area (Å²) in [4.78, 5) is 19.2. The summed E-state index contributed by atoms with van der Waals surface area (Å²) in [7, 11) is -2.20. The van der Waals surface area contributed by atoms with Crippen molar-refractivity contribution < 1.29 is 17.9 Å². The van der Waals surface area contributed by atoms with Crippen LogP contribution in [0.5, 0.6) is 5.75 Å². The van der Waals surface area contributed by atoms with Crippen molar-refractivity contribution >= 4 is 43.4 Å². The van der Waals surface area contributed by atoms with E-state index >= 15 is 0 Å². The predicted octanol–water partition coefficient (Wildman–Crippen LogP) is 3.31. The number of nitrogens with two attached hydrogens (primary N) is 1. The van der Waals surface area contributed by atoms with Gasteiger partial charge in [-0.15, -0.1) is 0 Å². The maximum Gasteiger partial charge on any atom is 0.240 e. The van der Waals surface area contributed by atoms with Crippen molar-refractivity contribution in [3.05, 3.63) is 72.3 Å². The Morgan fingerprint density at radius 2 is 1.80 bits per heavy atom. The van der Waals surface area contributed by atoms with E-state index in [-0.39, 0.29) is 17.3 Å². The lowest BCUT2D eigenvalue weighted by molar-refractivity contribution is -0.131. The number of nitrogens with zero attached hydrogens (tertiary/aromatic N) is 2. The number of hydrogen-bond donors (Lipinski definition) is 2. The van der Waals surface area contributed by atoms with Crippen LogP contribution in [-0.2, 0) is 21.4 Å². The molecule has 2 heterocycles. The maximum absolute atomic E-state index is 13.0. The summed E-state index contributed by atoms with van der Waals surface area (Å²) in [5.41, 5.74) is 7.53. The van der Waals surface area contributed by atoms with Gasteiger partial charge in [-0.1, -0.05) is 24.3 Å². The van der Waals surface area contributed by atoms with Gasteiger partial charge in [-0.2, -0.15) is 0 Å². The third-order valence-electron chi connectivity index (χ3n) is 6.41. The molecule has 0 unspecified atom stereocenters. The molecule has 5 rings (SSSR count). The molecular formula is C26H26N4O4S. The largest absolute Gasteiger partial charge is 0.497 e. The van der Waals surface area contributed by atoms with Crippen molar-refractivity contribution in [3.8, 4) is 5.75 Å². The van der Waals surface area contributed by atoms with Gasteiger partial charge >= 0.3 is 0 Å². The highest BCUT2D eigenvalue weighted by Gasteiger charge is 2.32. The quantitative estimate of drug-likeness (QED) is 0.411. The standard InChI is InChI=1S/C26H26N4O4S/c1-34-22-7-4-18-5-8-23(14-21(18)13-22)35(32,33)28-15-20-10-11-30(26(20)31)16-17-2-3-19-6-9-25(27)29-24(19)12-17/h2-9,12-14,20,28H,10-11,15-16H2,1H3,(H2,27,29)/t20-/m0/s1. The summed E-state index contributed by atoms with van der Waals surface area (Å²) in [5, 5.41) is 2.66. The van der Waals surface area contributed by atoms with Gasteiger partial charge in [0.15, 0.2) is 0 Å². The number of anilines is 1. The van der Waals surface area contributed by atoms with Crippen LogP contribution >= 0.6 is 0 Å². The van der Waals surface area contributed by atoms with Crippen molar-refractivity contribution in [2.75, 3.05) is 25.9 Å². The van der Waals surface area contributed by atoms with Crippen molar-refractivity contribution in [1.82, 2.24) is 14.6 Å². The second-order valence-electron chi connectivity index (χ2n) is 8.74. The number of pyridine rings is 1. The molecule has 0 saturated carbocycles. The molecule has 180 valence electrons. The number of nitrogens with one attached hydrogen (secondary N) is 1. The Morgan fingerprint density at radius 3 is 2.63 bits per heavy atom. The molecule has 1 atom stereocenters. The van der Waals surface area contributed by atoms with E-state index in [0.29, 0.717) is 31.1 Å². The highest BCUT2D eigenvalue weighted by molar-refractivity contribution is 7.89. The van der Waals surface area contributed by atoms with E-state index in [9.17, 15) is 13.2 Å². The zero-order valence-electron chi connectivity index (χ0n) is 19.3. The zero-order valence-corrected chi connectivity index (χ0v) is 20.1. The van der Waals surface area contributed by atoms with Gasteiger partial charge < -0.3 is 15.4 Å². The lowest BCUT2D eigenvalue weighted by Crippen LogP contribution is -2.34. The van der Waals surface area contributed by atoms with Crippen LogP contribution in [0.4, 0.5) is 5.82 Å². The number of methoxy groups -OCH3 is 1. The highest BCUT2D eigenvalue weighted by Crippen LogP contribution is 2.25. The molecule has 1 amide bonds. The lowest BCUT2D eigenvalue weighted by atomic mass is 10.1. The summed E-state index contributed by atoms with van der Waals surface area (Å²) in [6.07, 6.45) is 0.592. The summed E-state index contributed by atoms with van der Waals surface area (Å²) >= 11 is 0. The smallest absolute Gasteiger partial charge is 0.240 e. The summed E-state index contributed by atoms with van der Waals surface area (Å²) in [6, 6.07) is 20.0. The Balaban J connectivity index is 1.25. The number of aromatic nitrogens is 1. The van der Waals surface area contributed by atoms with Crippen LogP contribution in [0, 0.1) is 5.92 Å². The first-order valence-electron chi connectivity index (χ1n) is 11.3. The normalized spacial score (nSPS) is 16.3. The fraction of sp³-hybridized carbons (Fsp3) is 0.231. The average Bonchev–Trinajstić information content (AvgIpc) is 3.20. The topological polar surface area (TPSA) is 115 Å². The number of sulfonamides is 1. The van der Waals surface area contributed by atoms with Gasteiger partial charge in [-0.3, -0.25) is 4.79 Å². The Bertz CT molecular complexity index is 1540. The SMILES string of the molecule is COc1ccc2ccc(S(=O)(=O)NC[C@@H]3CCN(Cc4ccc5ccc(N)nc5c4)C3=O)cc2c1. The van der Waals surface area contributed by atoms with E-state index in [4.69, 9.17) is 10.5 Å². The molecule has 0 radical (unpaired) electrons. The number of likely N-dealkylation sites (tertiary alicyclic amines) is 1. The Labute approximate surface area is 203 Å². The molecule has 0 spiro atoms. The zero-order chi connectivity index (χ0) is 24.6. The van der Waals surface area contributed by atoms with Gasteiger partial charge in [-0.05, 0) is 65.2 Å². The number of fused-ring (bicyclic) bond motifs is 2. The molecule has 1 fully saturated rings. The van der Waals surface area contributed by atoms with Gasteiger partial charge in [0.05, 0.1) is 23.4 Å². The number of ether oxygens (including phenoxy) is 1. The fourth-order valence-electron chi connectivity index (χ4n) is 4.44. The molecule has 3 N–H and O–H groups in total. The highest BCUT2D eigenvalue weighted by atomic mass is 32.2. The monoisotopic (exact) mass is 490 g/mol. The van der Waals surface area contributed by atoms with Crippen LogP contribution < -0.4 is 15.2 Å². The molecule has 9 heteroatoms. The lowest BCUT2D eigenvalue weighted by Gasteiger charge is -2.17. The third kappa shape index (κ3) is 4.78. The van der Waals surface area contributed by atoms with Gasteiger partial charge in [0.25, 0.3) is 0 Å². The Morgan fingerprint density at radius 1 is 1.03 bits per heavy atom. The number of hydrogen-bond acceptors (Lipinski definition) is 6. The molecule has 1 aromatic heterocycles. The molecule has 8 nitrogen and oxygen atoms in total. The second kappa shape index (κ2) is 9.16. The first-order chi connectivity index (χ1) is 16.8. The average molecular weight is 491 g/mol. The minimum atomic E-state index is -3.77. The number of carbonyl (C=O) groups excluding carboxylic acids is 1. The minimum absolute atomic E-state index is 0.0587. The predicted molar refractivity (Wildman–Crippen MR) is 135 cm³/mol. The van der Waals surface area contributed by atoms with E-state index in [0.717, 1.165) is 27.2 Å².